The summed E-state index contributed by atoms with van der Waals surface area (Å²) in [6.45, 7) is 7.42. The van der Waals surface area contributed by atoms with Gasteiger partial charge in [-0.25, -0.2) is 0 Å². The van der Waals surface area contributed by atoms with Crippen LogP contribution in [-0.2, 0) is 0 Å². The maximum atomic E-state index is 4.74. The molecular formula is C18H21N5. The topological polar surface area (TPSA) is 46.3 Å². The lowest BCUT2D eigenvalue weighted by atomic mass is 9.93. The summed E-state index contributed by atoms with van der Waals surface area (Å²) in [7, 11) is 0. The van der Waals surface area contributed by atoms with Crippen LogP contribution in [0.5, 0.6) is 0 Å². The van der Waals surface area contributed by atoms with Gasteiger partial charge < -0.3 is 4.90 Å². The molecule has 3 heterocycles. The van der Waals surface area contributed by atoms with Crippen molar-refractivity contribution in [3.63, 3.8) is 0 Å². The van der Waals surface area contributed by atoms with Gasteiger partial charge in [0.15, 0.2) is 11.5 Å². The fourth-order valence-electron chi connectivity index (χ4n) is 3.66. The van der Waals surface area contributed by atoms with Crippen molar-refractivity contribution in [1.82, 2.24) is 19.8 Å². The Labute approximate surface area is 136 Å². The van der Waals surface area contributed by atoms with E-state index in [0.717, 1.165) is 30.3 Å². The number of aromatic nitrogens is 4. The summed E-state index contributed by atoms with van der Waals surface area (Å²) < 4.78 is 1.82. The molecule has 0 radical (unpaired) electrons. The molecule has 1 aromatic carbocycles. The molecule has 0 N–H and O–H groups in total. The van der Waals surface area contributed by atoms with Crippen molar-refractivity contribution in [2.75, 3.05) is 11.4 Å². The number of hydrogen-bond donors (Lipinski definition) is 0. The molecule has 1 saturated heterocycles. The normalized spacial score (nSPS) is 21.3. The Bertz CT molecular complexity index is 853. The number of anilines is 1. The van der Waals surface area contributed by atoms with E-state index in [1.54, 1.807) is 0 Å². The van der Waals surface area contributed by atoms with Crippen molar-refractivity contribution < 1.29 is 0 Å². The van der Waals surface area contributed by atoms with Crippen LogP contribution in [0.25, 0.3) is 5.65 Å². The van der Waals surface area contributed by atoms with Crippen LogP contribution in [0.15, 0.2) is 36.4 Å². The lowest BCUT2D eigenvalue weighted by Gasteiger charge is -2.22. The van der Waals surface area contributed by atoms with E-state index in [1.807, 2.05) is 17.5 Å². The minimum atomic E-state index is 0.473. The molecule has 2 aromatic heterocycles. The number of fused-ring (bicyclic) bond motifs is 1. The lowest BCUT2D eigenvalue weighted by molar-refractivity contribution is 0.690. The molecule has 23 heavy (non-hydrogen) atoms. The van der Waals surface area contributed by atoms with Crippen molar-refractivity contribution in [3.8, 4) is 0 Å². The maximum absolute atomic E-state index is 4.74. The molecule has 0 spiro atoms. The molecule has 4 rings (SSSR count). The number of nitrogens with zero attached hydrogens (tertiary/aromatic N) is 5. The van der Waals surface area contributed by atoms with Crippen molar-refractivity contribution >= 4 is 11.5 Å². The highest BCUT2D eigenvalue weighted by Crippen LogP contribution is 2.35. The van der Waals surface area contributed by atoms with Crippen LogP contribution in [0.3, 0.4) is 0 Å². The van der Waals surface area contributed by atoms with Gasteiger partial charge in [-0.1, -0.05) is 24.3 Å². The second kappa shape index (κ2) is 5.33. The zero-order valence-electron chi connectivity index (χ0n) is 13.8. The van der Waals surface area contributed by atoms with Gasteiger partial charge in [0, 0.05) is 18.5 Å². The minimum Gasteiger partial charge on any atom is -0.352 e. The van der Waals surface area contributed by atoms with Crippen molar-refractivity contribution in [2.24, 2.45) is 0 Å². The molecule has 1 aliphatic heterocycles. The van der Waals surface area contributed by atoms with Crippen LogP contribution in [0, 0.1) is 13.8 Å². The Kier molecular flexibility index (Phi) is 3.29. The van der Waals surface area contributed by atoms with Gasteiger partial charge in [0.05, 0.1) is 0 Å². The van der Waals surface area contributed by atoms with Gasteiger partial charge in [-0.05, 0) is 50.5 Å². The zero-order chi connectivity index (χ0) is 16.0. The SMILES string of the molecule is Cc1ccccc1[C@@H]1C[C@H](C)N(c2ccc3nnc(C)n3n2)C1. The molecule has 118 valence electrons. The van der Waals surface area contributed by atoms with Gasteiger partial charge in [-0.3, -0.25) is 0 Å². The van der Waals surface area contributed by atoms with Gasteiger partial charge in [-0.15, -0.1) is 15.3 Å². The highest BCUT2D eigenvalue weighted by Gasteiger charge is 2.31. The Hall–Kier alpha value is -2.43. The number of rotatable bonds is 2. The number of hydrogen-bond acceptors (Lipinski definition) is 4. The Balaban J connectivity index is 1.66. The van der Waals surface area contributed by atoms with E-state index < -0.39 is 0 Å². The minimum absolute atomic E-state index is 0.473. The van der Waals surface area contributed by atoms with Crippen LogP contribution < -0.4 is 4.90 Å². The second-order valence-corrected chi connectivity index (χ2v) is 6.50. The maximum Gasteiger partial charge on any atom is 0.178 e. The van der Waals surface area contributed by atoms with E-state index >= 15 is 0 Å². The van der Waals surface area contributed by atoms with E-state index in [4.69, 9.17) is 5.10 Å². The van der Waals surface area contributed by atoms with Crippen molar-refractivity contribution in [2.45, 2.75) is 39.2 Å². The van der Waals surface area contributed by atoms with E-state index in [-0.39, 0.29) is 0 Å². The fraction of sp³-hybridized carbons (Fsp3) is 0.389. The predicted octanol–water partition coefficient (Wildman–Crippen LogP) is 3.12. The first-order valence-electron chi connectivity index (χ1n) is 8.14. The molecule has 3 aromatic rings. The van der Waals surface area contributed by atoms with Gasteiger partial charge in [0.2, 0.25) is 0 Å². The lowest BCUT2D eigenvalue weighted by Crippen LogP contribution is -2.28. The first-order valence-corrected chi connectivity index (χ1v) is 8.14. The summed E-state index contributed by atoms with van der Waals surface area (Å²) in [5.41, 5.74) is 3.64. The predicted molar refractivity (Wildman–Crippen MR) is 90.9 cm³/mol. The highest BCUT2D eigenvalue weighted by molar-refractivity contribution is 5.48. The monoisotopic (exact) mass is 307 g/mol. The Morgan fingerprint density at radius 1 is 1.04 bits per heavy atom. The third kappa shape index (κ3) is 2.36. The molecule has 2 atom stereocenters. The van der Waals surface area contributed by atoms with Crippen molar-refractivity contribution in [3.05, 3.63) is 53.3 Å². The third-order valence-corrected chi connectivity index (χ3v) is 4.90. The van der Waals surface area contributed by atoms with E-state index in [0.29, 0.717) is 12.0 Å². The molecule has 0 aliphatic carbocycles. The van der Waals surface area contributed by atoms with Gasteiger partial charge >= 0.3 is 0 Å². The average molecular weight is 307 g/mol. The zero-order valence-corrected chi connectivity index (χ0v) is 13.8. The molecule has 0 unspecified atom stereocenters. The van der Waals surface area contributed by atoms with E-state index in [1.165, 1.54) is 11.1 Å². The molecule has 0 bridgehead atoms. The van der Waals surface area contributed by atoms with Gasteiger partial charge in [0.1, 0.15) is 5.82 Å². The summed E-state index contributed by atoms with van der Waals surface area (Å²) in [5, 5.41) is 12.9. The average Bonchev–Trinajstić information content (AvgIpc) is 3.11. The third-order valence-electron chi connectivity index (χ3n) is 4.90. The van der Waals surface area contributed by atoms with E-state index in [9.17, 15) is 0 Å². The Morgan fingerprint density at radius 2 is 1.87 bits per heavy atom. The molecule has 5 heteroatoms. The number of aryl methyl sites for hydroxylation is 2. The molecule has 0 amide bonds. The fourth-order valence-corrected chi connectivity index (χ4v) is 3.66. The van der Waals surface area contributed by atoms with Crippen LogP contribution in [-0.4, -0.2) is 32.4 Å². The standard InChI is InChI=1S/C18H21N5/c1-12-6-4-5-7-16(12)15-10-13(2)22(11-15)18-9-8-17-20-19-14(3)23(17)21-18/h4-9,13,15H,10-11H2,1-3H3/t13-,15+/m0/s1. The van der Waals surface area contributed by atoms with Crippen LogP contribution in [0.1, 0.15) is 36.2 Å². The smallest absolute Gasteiger partial charge is 0.178 e. The van der Waals surface area contributed by atoms with Crippen LogP contribution >= 0.6 is 0 Å². The van der Waals surface area contributed by atoms with Gasteiger partial charge in [0.25, 0.3) is 0 Å². The quantitative estimate of drug-likeness (QED) is 0.730. The molecular weight excluding hydrogens is 286 g/mol. The first kappa shape index (κ1) is 14.2. The summed E-state index contributed by atoms with van der Waals surface area (Å²) in [6, 6.07) is 13.2. The van der Waals surface area contributed by atoms with Gasteiger partial charge in [-0.2, -0.15) is 4.52 Å². The largest absolute Gasteiger partial charge is 0.352 e. The molecule has 1 aliphatic rings. The molecule has 0 saturated carbocycles. The van der Waals surface area contributed by atoms with E-state index in [2.05, 4.69) is 59.3 Å². The van der Waals surface area contributed by atoms with Crippen LogP contribution in [0.2, 0.25) is 0 Å². The first-order chi connectivity index (χ1) is 11.1. The molecule has 1 fully saturated rings. The highest BCUT2D eigenvalue weighted by atomic mass is 15.4. The Morgan fingerprint density at radius 3 is 2.70 bits per heavy atom. The summed E-state index contributed by atoms with van der Waals surface area (Å²) in [5.74, 6) is 2.39. The summed E-state index contributed by atoms with van der Waals surface area (Å²) in [6.07, 6.45) is 1.16. The summed E-state index contributed by atoms with van der Waals surface area (Å²) in [4.78, 5) is 2.40. The van der Waals surface area contributed by atoms with Crippen LogP contribution in [0.4, 0.5) is 5.82 Å². The number of benzene rings is 1. The second-order valence-electron chi connectivity index (χ2n) is 6.50. The molecule has 5 nitrogen and oxygen atoms in total. The summed E-state index contributed by atoms with van der Waals surface area (Å²) >= 11 is 0. The van der Waals surface area contributed by atoms with Crippen molar-refractivity contribution in [1.29, 1.82) is 0 Å².